The van der Waals surface area contributed by atoms with Gasteiger partial charge in [-0.1, -0.05) is 27.7 Å². The molecule has 0 aromatic carbocycles. The zero-order valence-corrected chi connectivity index (χ0v) is 10.6. The summed E-state index contributed by atoms with van der Waals surface area (Å²) in [6, 6.07) is 2.27. The minimum Gasteiger partial charge on any atom is -0.385 e. The molecule has 1 rings (SSSR count). The van der Waals surface area contributed by atoms with Crippen molar-refractivity contribution in [3.8, 4) is 0 Å². The van der Waals surface area contributed by atoms with Gasteiger partial charge in [0.15, 0.2) is 0 Å². The zero-order chi connectivity index (χ0) is 12.1. The number of hydrogen-bond acceptors (Lipinski definition) is 3. The SMILES string of the molecule is CC(C)Cn1nccc1C(O)CNC(C)C. The highest BCUT2D eigenvalue weighted by Crippen LogP contribution is 2.13. The van der Waals surface area contributed by atoms with Gasteiger partial charge in [-0.15, -0.1) is 0 Å². The minimum atomic E-state index is -0.483. The predicted octanol–water partition coefficient (Wildman–Crippen LogP) is 1.57. The highest BCUT2D eigenvalue weighted by atomic mass is 16.3. The molecule has 1 heterocycles. The van der Waals surface area contributed by atoms with Crippen molar-refractivity contribution in [2.75, 3.05) is 6.54 Å². The molecule has 4 heteroatoms. The molecule has 0 aliphatic heterocycles. The van der Waals surface area contributed by atoms with E-state index in [2.05, 4.69) is 38.1 Å². The number of aliphatic hydroxyl groups is 1. The Balaban J connectivity index is 2.60. The summed E-state index contributed by atoms with van der Waals surface area (Å²) in [4.78, 5) is 0. The number of rotatable bonds is 6. The van der Waals surface area contributed by atoms with Crippen LogP contribution in [0, 0.1) is 5.92 Å². The number of hydrogen-bond donors (Lipinski definition) is 2. The van der Waals surface area contributed by atoms with Crippen LogP contribution in [0.1, 0.15) is 39.5 Å². The number of nitrogens with one attached hydrogen (secondary N) is 1. The molecule has 1 unspecified atom stereocenters. The lowest BCUT2D eigenvalue weighted by atomic mass is 10.2. The standard InChI is InChI=1S/C12H23N3O/c1-9(2)8-15-11(5-6-14-15)12(16)7-13-10(3)4/h5-6,9-10,12-13,16H,7-8H2,1-4H3. The molecule has 0 spiro atoms. The van der Waals surface area contributed by atoms with Crippen LogP contribution in [0.4, 0.5) is 0 Å². The van der Waals surface area contributed by atoms with Gasteiger partial charge >= 0.3 is 0 Å². The van der Waals surface area contributed by atoms with Crippen molar-refractivity contribution in [1.29, 1.82) is 0 Å². The summed E-state index contributed by atoms with van der Waals surface area (Å²) >= 11 is 0. The molecule has 2 N–H and O–H groups in total. The lowest BCUT2D eigenvalue weighted by Gasteiger charge is -2.16. The molecule has 4 nitrogen and oxygen atoms in total. The summed E-state index contributed by atoms with van der Waals surface area (Å²) < 4.78 is 1.89. The average molecular weight is 225 g/mol. The first-order chi connectivity index (χ1) is 7.50. The number of nitrogens with zero attached hydrogens (tertiary/aromatic N) is 2. The second-order valence-electron chi connectivity index (χ2n) is 4.91. The fourth-order valence-corrected chi connectivity index (χ4v) is 1.58. The smallest absolute Gasteiger partial charge is 0.108 e. The van der Waals surface area contributed by atoms with Crippen LogP contribution >= 0.6 is 0 Å². The van der Waals surface area contributed by atoms with Gasteiger partial charge in [-0.05, 0) is 12.0 Å². The first kappa shape index (κ1) is 13.2. The van der Waals surface area contributed by atoms with E-state index in [0.29, 0.717) is 18.5 Å². The molecule has 0 aliphatic carbocycles. The van der Waals surface area contributed by atoms with Crippen LogP contribution in [0.3, 0.4) is 0 Å². The van der Waals surface area contributed by atoms with E-state index in [1.165, 1.54) is 0 Å². The van der Waals surface area contributed by atoms with E-state index < -0.39 is 6.10 Å². The van der Waals surface area contributed by atoms with Crippen LogP contribution in [-0.2, 0) is 6.54 Å². The zero-order valence-electron chi connectivity index (χ0n) is 10.6. The van der Waals surface area contributed by atoms with Crippen LogP contribution < -0.4 is 5.32 Å². The van der Waals surface area contributed by atoms with E-state index in [4.69, 9.17) is 0 Å². The minimum absolute atomic E-state index is 0.385. The molecule has 0 radical (unpaired) electrons. The summed E-state index contributed by atoms with van der Waals surface area (Å²) in [5, 5.41) is 17.5. The summed E-state index contributed by atoms with van der Waals surface area (Å²) in [6.07, 6.45) is 1.26. The van der Waals surface area contributed by atoms with Crippen molar-refractivity contribution in [1.82, 2.24) is 15.1 Å². The number of aromatic nitrogens is 2. The summed E-state index contributed by atoms with van der Waals surface area (Å²) in [5.74, 6) is 0.531. The van der Waals surface area contributed by atoms with Gasteiger partial charge in [0.05, 0.1) is 5.69 Å². The normalized spacial score (nSPS) is 13.7. The Bertz CT molecular complexity index is 307. The van der Waals surface area contributed by atoms with Crippen molar-refractivity contribution >= 4 is 0 Å². The van der Waals surface area contributed by atoms with E-state index in [0.717, 1.165) is 12.2 Å². The van der Waals surface area contributed by atoms with E-state index in [1.807, 2.05) is 10.7 Å². The van der Waals surface area contributed by atoms with Crippen molar-refractivity contribution in [3.05, 3.63) is 18.0 Å². The molecule has 0 fully saturated rings. The van der Waals surface area contributed by atoms with Crippen LogP contribution in [-0.4, -0.2) is 27.5 Å². The highest BCUT2D eigenvalue weighted by molar-refractivity contribution is 5.05. The molecule has 0 amide bonds. The summed E-state index contributed by atoms with van der Waals surface area (Å²) in [6.45, 7) is 9.84. The Morgan fingerprint density at radius 1 is 1.38 bits per heavy atom. The molecule has 0 saturated heterocycles. The average Bonchev–Trinajstić information content (AvgIpc) is 2.61. The quantitative estimate of drug-likeness (QED) is 0.772. The van der Waals surface area contributed by atoms with Crippen LogP contribution in [0.2, 0.25) is 0 Å². The van der Waals surface area contributed by atoms with Crippen LogP contribution in [0.25, 0.3) is 0 Å². The maximum absolute atomic E-state index is 10.0. The Kier molecular flexibility index (Phi) is 4.96. The second kappa shape index (κ2) is 6.01. The van der Waals surface area contributed by atoms with Gasteiger partial charge in [0.1, 0.15) is 6.10 Å². The monoisotopic (exact) mass is 225 g/mol. The highest BCUT2D eigenvalue weighted by Gasteiger charge is 2.13. The largest absolute Gasteiger partial charge is 0.385 e. The predicted molar refractivity (Wildman–Crippen MR) is 65.2 cm³/mol. The third-order valence-electron chi connectivity index (χ3n) is 2.35. The lowest BCUT2D eigenvalue weighted by molar-refractivity contribution is 0.159. The molecule has 0 bridgehead atoms. The molecule has 1 aromatic heterocycles. The molecule has 16 heavy (non-hydrogen) atoms. The lowest BCUT2D eigenvalue weighted by Crippen LogP contribution is -2.29. The Morgan fingerprint density at radius 3 is 2.62 bits per heavy atom. The first-order valence-electron chi connectivity index (χ1n) is 5.94. The van der Waals surface area contributed by atoms with Crippen molar-refractivity contribution in [3.63, 3.8) is 0 Å². The summed E-state index contributed by atoms with van der Waals surface area (Å²) in [7, 11) is 0. The van der Waals surface area contributed by atoms with E-state index in [9.17, 15) is 5.11 Å². The van der Waals surface area contributed by atoms with Crippen molar-refractivity contribution < 1.29 is 5.11 Å². The van der Waals surface area contributed by atoms with Gasteiger partial charge in [0.25, 0.3) is 0 Å². The third-order valence-corrected chi connectivity index (χ3v) is 2.35. The first-order valence-corrected chi connectivity index (χ1v) is 5.94. The van der Waals surface area contributed by atoms with Crippen molar-refractivity contribution in [2.24, 2.45) is 5.92 Å². The van der Waals surface area contributed by atoms with Crippen molar-refractivity contribution in [2.45, 2.75) is 46.4 Å². The van der Waals surface area contributed by atoms with E-state index in [1.54, 1.807) is 6.20 Å². The van der Waals surface area contributed by atoms with E-state index in [-0.39, 0.29) is 0 Å². The third kappa shape index (κ3) is 3.94. The molecule has 0 saturated carbocycles. The molecule has 92 valence electrons. The Morgan fingerprint density at radius 2 is 2.06 bits per heavy atom. The Labute approximate surface area is 97.7 Å². The van der Waals surface area contributed by atoms with Gasteiger partial charge in [-0.25, -0.2) is 0 Å². The number of aliphatic hydroxyl groups excluding tert-OH is 1. The maximum Gasteiger partial charge on any atom is 0.108 e. The fourth-order valence-electron chi connectivity index (χ4n) is 1.58. The molecular formula is C12H23N3O. The molecule has 1 aromatic rings. The summed E-state index contributed by atoms with van der Waals surface area (Å²) in [5.41, 5.74) is 0.891. The van der Waals surface area contributed by atoms with E-state index >= 15 is 0 Å². The molecular weight excluding hydrogens is 202 g/mol. The van der Waals surface area contributed by atoms with Gasteiger partial charge in [0.2, 0.25) is 0 Å². The van der Waals surface area contributed by atoms with Gasteiger partial charge in [-0.3, -0.25) is 4.68 Å². The molecule has 1 atom stereocenters. The molecule has 0 aliphatic rings. The maximum atomic E-state index is 10.0. The van der Waals surface area contributed by atoms with Gasteiger partial charge in [0, 0.05) is 25.3 Å². The van der Waals surface area contributed by atoms with Gasteiger partial charge in [-0.2, -0.15) is 5.10 Å². The van der Waals surface area contributed by atoms with Crippen LogP contribution in [0.5, 0.6) is 0 Å². The van der Waals surface area contributed by atoms with Crippen LogP contribution in [0.15, 0.2) is 12.3 Å². The van der Waals surface area contributed by atoms with Gasteiger partial charge < -0.3 is 10.4 Å². The Hall–Kier alpha value is -0.870. The second-order valence-corrected chi connectivity index (χ2v) is 4.91. The topological polar surface area (TPSA) is 50.1 Å². The fraction of sp³-hybridized carbons (Fsp3) is 0.750.